The monoisotopic (exact) mass is 381 g/mol. The zero-order valence-corrected chi connectivity index (χ0v) is 15.2. The fourth-order valence-corrected chi connectivity index (χ4v) is 2.69. The molecule has 0 spiro atoms. The standard InChI is InChI=1S/C19H18ClF2NO3/c1-11(14-6-5-13(21)10-16(14)22)23-18(24)7-4-12-8-15(20)19(26-3)17(9-12)25-2/h4-11H,1-3H3,(H,23,24)/b7-4+/t11-/m0/s1. The summed E-state index contributed by atoms with van der Waals surface area (Å²) in [6.45, 7) is 1.61. The summed E-state index contributed by atoms with van der Waals surface area (Å²) >= 11 is 6.11. The number of halogens is 3. The average Bonchev–Trinajstić information content (AvgIpc) is 2.59. The van der Waals surface area contributed by atoms with E-state index in [1.165, 1.54) is 32.4 Å². The first-order valence-corrected chi connectivity index (χ1v) is 8.08. The molecule has 2 aromatic rings. The Labute approximate surface area is 155 Å². The number of benzene rings is 2. The summed E-state index contributed by atoms with van der Waals surface area (Å²) in [7, 11) is 2.95. The van der Waals surface area contributed by atoms with Crippen LogP contribution in [0.5, 0.6) is 11.5 Å². The lowest BCUT2D eigenvalue weighted by Gasteiger charge is -2.14. The first-order valence-electron chi connectivity index (χ1n) is 7.70. The van der Waals surface area contributed by atoms with E-state index in [-0.39, 0.29) is 5.56 Å². The summed E-state index contributed by atoms with van der Waals surface area (Å²) < 4.78 is 37.1. The quantitative estimate of drug-likeness (QED) is 0.748. The Bertz CT molecular complexity index is 840. The number of hydrogen-bond acceptors (Lipinski definition) is 3. The number of carbonyl (C=O) groups excluding carboxylic acids is 1. The van der Waals surface area contributed by atoms with Crippen molar-refractivity contribution in [1.29, 1.82) is 0 Å². The van der Waals surface area contributed by atoms with Gasteiger partial charge in [-0.15, -0.1) is 0 Å². The van der Waals surface area contributed by atoms with Crippen molar-refractivity contribution in [1.82, 2.24) is 5.32 Å². The van der Waals surface area contributed by atoms with Gasteiger partial charge in [0.2, 0.25) is 5.91 Å². The number of methoxy groups -OCH3 is 2. The van der Waals surface area contributed by atoms with Crippen LogP contribution in [0.4, 0.5) is 8.78 Å². The highest BCUT2D eigenvalue weighted by molar-refractivity contribution is 6.32. The third-order valence-corrected chi connectivity index (χ3v) is 3.95. The summed E-state index contributed by atoms with van der Waals surface area (Å²) in [6.07, 6.45) is 2.83. The van der Waals surface area contributed by atoms with Crippen LogP contribution in [0.2, 0.25) is 5.02 Å². The largest absolute Gasteiger partial charge is 0.493 e. The molecule has 0 bridgehead atoms. The molecule has 1 amide bonds. The number of amides is 1. The van der Waals surface area contributed by atoms with Crippen molar-refractivity contribution in [2.75, 3.05) is 14.2 Å². The van der Waals surface area contributed by atoms with E-state index in [1.54, 1.807) is 19.1 Å². The number of nitrogens with one attached hydrogen (secondary N) is 1. The molecular formula is C19H18ClF2NO3. The van der Waals surface area contributed by atoms with Gasteiger partial charge < -0.3 is 14.8 Å². The number of ether oxygens (including phenoxy) is 2. The van der Waals surface area contributed by atoms with E-state index < -0.39 is 23.6 Å². The van der Waals surface area contributed by atoms with Crippen molar-refractivity contribution in [2.24, 2.45) is 0 Å². The minimum Gasteiger partial charge on any atom is -0.493 e. The summed E-state index contributed by atoms with van der Waals surface area (Å²) in [5.41, 5.74) is 0.825. The Hall–Kier alpha value is -2.60. The molecule has 2 rings (SSSR count). The lowest BCUT2D eigenvalue weighted by Crippen LogP contribution is -2.25. The smallest absolute Gasteiger partial charge is 0.244 e. The maximum Gasteiger partial charge on any atom is 0.244 e. The molecule has 0 saturated carbocycles. The van der Waals surface area contributed by atoms with E-state index in [1.807, 2.05) is 0 Å². The zero-order chi connectivity index (χ0) is 19.3. The fraction of sp³-hybridized carbons (Fsp3) is 0.211. The van der Waals surface area contributed by atoms with Crippen LogP contribution < -0.4 is 14.8 Å². The van der Waals surface area contributed by atoms with E-state index in [4.69, 9.17) is 21.1 Å². The minimum atomic E-state index is -0.714. The Kier molecular flexibility index (Phi) is 6.58. The van der Waals surface area contributed by atoms with Crippen LogP contribution in [0, 0.1) is 11.6 Å². The summed E-state index contributed by atoms with van der Waals surface area (Å²) in [5.74, 6) is -0.992. The van der Waals surface area contributed by atoms with E-state index in [9.17, 15) is 13.6 Å². The first-order chi connectivity index (χ1) is 12.3. The molecule has 1 N–H and O–H groups in total. The predicted octanol–water partition coefficient (Wildman–Crippen LogP) is 4.53. The lowest BCUT2D eigenvalue weighted by molar-refractivity contribution is -0.117. The Morgan fingerprint density at radius 3 is 2.54 bits per heavy atom. The number of hydrogen-bond donors (Lipinski definition) is 1. The van der Waals surface area contributed by atoms with Gasteiger partial charge in [0.05, 0.1) is 25.3 Å². The van der Waals surface area contributed by atoms with E-state index in [0.717, 1.165) is 12.1 Å². The van der Waals surface area contributed by atoms with Gasteiger partial charge in [-0.3, -0.25) is 4.79 Å². The van der Waals surface area contributed by atoms with Crippen molar-refractivity contribution in [2.45, 2.75) is 13.0 Å². The van der Waals surface area contributed by atoms with Crippen LogP contribution in [0.1, 0.15) is 24.1 Å². The Morgan fingerprint density at radius 1 is 1.19 bits per heavy atom. The predicted molar refractivity (Wildman–Crippen MR) is 96.5 cm³/mol. The lowest BCUT2D eigenvalue weighted by atomic mass is 10.1. The van der Waals surface area contributed by atoms with Gasteiger partial charge in [-0.2, -0.15) is 0 Å². The van der Waals surface area contributed by atoms with Crippen LogP contribution in [0.25, 0.3) is 6.08 Å². The van der Waals surface area contributed by atoms with Crippen LogP contribution in [-0.4, -0.2) is 20.1 Å². The number of carbonyl (C=O) groups is 1. The third kappa shape index (κ3) is 4.73. The van der Waals surface area contributed by atoms with Gasteiger partial charge in [0.15, 0.2) is 11.5 Å². The molecule has 0 aliphatic carbocycles. The molecular weight excluding hydrogens is 364 g/mol. The van der Waals surface area contributed by atoms with Crippen LogP contribution in [0.3, 0.4) is 0 Å². The summed E-state index contributed by atoms with van der Waals surface area (Å²) in [6, 6.07) is 5.88. The normalized spacial score (nSPS) is 12.1. The van der Waals surface area contributed by atoms with Crippen molar-refractivity contribution < 1.29 is 23.0 Å². The molecule has 26 heavy (non-hydrogen) atoms. The van der Waals surface area contributed by atoms with Gasteiger partial charge in [0.25, 0.3) is 0 Å². The van der Waals surface area contributed by atoms with E-state index >= 15 is 0 Å². The van der Waals surface area contributed by atoms with Crippen LogP contribution in [0.15, 0.2) is 36.4 Å². The van der Waals surface area contributed by atoms with Gasteiger partial charge >= 0.3 is 0 Å². The summed E-state index contributed by atoms with van der Waals surface area (Å²) in [5, 5.41) is 2.96. The van der Waals surface area contributed by atoms with Crippen LogP contribution >= 0.6 is 11.6 Å². The Balaban J connectivity index is 2.11. The second-order valence-corrected chi connectivity index (χ2v) is 5.87. The fourth-order valence-electron chi connectivity index (χ4n) is 2.40. The molecule has 7 heteroatoms. The Morgan fingerprint density at radius 2 is 1.92 bits per heavy atom. The van der Waals surface area contributed by atoms with Crippen molar-refractivity contribution >= 4 is 23.6 Å². The topological polar surface area (TPSA) is 47.6 Å². The molecule has 0 aliphatic heterocycles. The molecule has 138 valence electrons. The molecule has 0 heterocycles. The molecule has 0 aromatic heterocycles. The highest BCUT2D eigenvalue weighted by Crippen LogP contribution is 2.36. The van der Waals surface area contributed by atoms with E-state index in [0.29, 0.717) is 22.1 Å². The molecule has 0 aliphatic rings. The molecule has 1 atom stereocenters. The van der Waals surface area contributed by atoms with Gasteiger partial charge in [0, 0.05) is 17.7 Å². The maximum absolute atomic E-state index is 13.8. The molecule has 0 radical (unpaired) electrons. The van der Waals surface area contributed by atoms with Gasteiger partial charge in [-0.25, -0.2) is 8.78 Å². The third-order valence-electron chi connectivity index (χ3n) is 3.67. The SMILES string of the molecule is COc1cc(/C=C/C(=O)N[C@@H](C)c2ccc(F)cc2F)cc(Cl)c1OC. The van der Waals surface area contributed by atoms with Crippen molar-refractivity contribution in [3.63, 3.8) is 0 Å². The molecule has 0 unspecified atom stereocenters. The second kappa shape index (κ2) is 8.67. The minimum absolute atomic E-state index is 0.197. The highest BCUT2D eigenvalue weighted by Gasteiger charge is 2.13. The molecule has 2 aromatic carbocycles. The second-order valence-electron chi connectivity index (χ2n) is 5.47. The molecule has 0 saturated heterocycles. The van der Waals surface area contributed by atoms with Gasteiger partial charge in [-0.1, -0.05) is 17.7 Å². The number of rotatable bonds is 6. The van der Waals surface area contributed by atoms with Crippen molar-refractivity contribution in [3.05, 3.63) is 64.2 Å². The maximum atomic E-state index is 13.8. The van der Waals surface area contributed by atoms with E-state index in [2.05, 4.69) is 5.32 Å². The first kappa shape index (κ1) is 19.7. The summed E-state index contributed by atoms with van der Waals surface area (Å²) in [4.78, 5) is 12.1. The van der Waals surface area contributed by atoms with Crippen LogP contribution in [-0.2, 0) is 4.79 Å². The average molecular weight is 382 g/mol. The van der Waals surface area contributed by atoms with Gasteiger partial charge in [-0.05, 0) is 36.8 Å². The zero-order valence-electron chi connectivity index (χ0n) is 14.5. The van der Waals surface area contributed by atoms with Crippen molar-refractivity contribution in [3.8, 4) is 11.5 Å². The molecule has 0 fully saturated rings. The van der Waals surface area contributed by atoms with Gasteiger partial charge in [0.1, 0.15) is 11.6 Å². The highest BCUT2D eigenvalue weighted by atomic mass is 35.5. The molecule has 4 nitrogen and oxygen atoms in total.